The average Bonchev–Trinajstić information content (AvgIpc) is 3.15. The standard InChI is InChI=1S/C18H28N4O/c1-13-11-19-17(14-7-8-14)22(13)16-9-10-21(12-16)18(23)20-15-5-3-2-4-6-15/h11,14-16H,2-10,12H2,1H3,(H,20,23). The highest BCUT2D eigenvalue weighted by atomic mass is 16.2. The van der Waals surface area contributed by atoms with Gasteiger partial charge in [-0.05, 0) is 39.0 Å². The van der Waals surface area contributed by atoms with Crippen molar-refractivity contribution in [3.8, 4) is 0 Å². The highest BCUT2D eigenvalue weighted by Gasteiger charge is 2.34. The Morgan fingerprint density at radius 3 is 2.70 bits per heavy atom. The van der Waals surface area contributed by atoms with Crippen molar-refractivity contribution in [1.29, 1.82) is 0 Å². The largest absolute Gasteiger partial charge is 0.335 e. The number of imidazole rings is 1. The van der Waals surface area contributed by atoms with E-state index in [0.717, 1.165) is 32.4 Å². The van der Waals surface area contributed by atoms with Gasteiger partial charge in [0.15, 0.2) is 0 Å². The molecule has 3 fully saturated rings. The number of amides is 2. The molecule has 0 bridgehead atoms. The molecule has 126 valence electrons. The molecule has 0 radical (unpaired) electrons. The van der Waals surface area contributed by atoms with Crippen molar-refractivity contribution < 1.29 is 4.79 Å². The molecule has 1 N–H and O–H groups in total. The van der Waals surface area contributed by atoms with Crippen LogP contribution in [0.5, 0.6) is 0 Å². The summed E-state index contributed by atoms with van der Waals surface area (Å²) in [6.45, 7) is 3.84. The Labute approximate surface area is 138 Å². The van der Waals surface area contributed by atoms with Crippen LogP contribution in [0.1, 0.15) is 74.8 Å². The second-order valence-corrected chi connectivity index (χ2v) is 7.57. The predicted molar refractivity (Wildman–Crippen MR) is 89.6 cm³/mol. The zero-order valence-electron chi connectivity index (χ0n) is 14.1. The van der Waals surface area contributed by atoms with E-state index in [4.69, 9.17) is 0 Å². The summed E-state index contributed by atoms with van der Waals surface area (Å²) in [7, 11) is 0. The van der Waals surface area contributed by atoms with Crippen LogP contribution in [0.3, 0.4) is 0 Å². The third-order valence-electron chi connectivity index (χ3n) is 5.70. The summed E-state index contributed by atoms with van der Waals surface area (Å²) in [6, 6.07) is 0.947. The van der Waals surface area contributed by atoms with E-state index >= 15 is 0 Å². The number of urea groups is 1. The normalized spacial score (nSPS) is 25.8. The minimum atomic E-state index is 0.144. The van der Waals surface area contributed by atoms with Crippen molar-refractivity contribution in [3.63, 3.8) is 0 Å². The molecule has 2 amide bonds. The molecule has 2 aliphatic carbocycles. The molecule has 5 heteroatoms. The SMILES string of the molecule is Cc1cnc(C2CC2)n1C1CCN(C(=O)NC2CCCCC2)C1. The van der Waals surface area contributed by atoms with E-state index < -0.39 is 0 Å². The van der Waals surface area contributed by atoms with Crippen LogP contribution in [0.15, 0.2) is 6.20 Å². The number of aromatic nitrogens is 2. The number of hydrogen-bond donors (Lipinski definition) is 1. The first-order valence-corrected chi connectivity index (χ1v) is 9.31. The molecule has 3 aliphatic rings. The first-order chi connectivity index (χ1) is 11.2. The van der Waals surface area contributed by atoms with Crippen molar-refractivity contribution in [1.82, 2.24) is 19.8 Å². The lowest BCUT2D eigenvalue weighted by Gasteiger charge is -2.26. The quantitative estimate of drug-likeness (QED) is 0.929. The van der Waals surface area contributed by atoms with Gasteiger partial charge in [0.1, 0.15) is 5.82 Å². The van der Waals surface area contributed by atoms with Crippen molar-refractivity contribution in [2.45, 2.75) is 76.3 Å². The van der Waals surface area contributed by atoms with Crippen LogP contribution in [0, 0.1) is 6.92 Å². The Balaban J connectivity index is 1.39. The zero-order chi connectivity index (χ0) is 15.8. The third kappa shape index (κ3) is 3.10. The molecule has 1 aromatic heterocycles. The molecule has 2 saturated carbocycles. The highest BCUT2D eigenvalue weighted by Crippen LogP contribution is 2.41. The number of nitrogens with one attached hydrogen (secondary N) is 1. The number of nitrogens with zero attached hydrogens (tertiary/aromatic N) is 3. The Bertz CT molecular complexity index is 572. The number of likely N-dealkylation sites (tertiary alicyclic amines) is 1. The number of hydrogen-bond acceptors (Lipinski definition) is 2. The third-order valence-corrected chi connectivity index (χ3v) is 5.70. The van der Waals surface area contributed by atoms with Crippen LogP contribution in [-0.2, 0) is 0 Å². The first kappa shape index (κ1) is 15.0. The van der Waals surface area contributed by atoms with Gasteiger partial charge < -0.3 is 14.8 Å². The summed E-state index contributed by atoms with van der Waals surface area (Å²) in [5.41, 5.74) is 1.24. The molecular formula is C18H28N4O. The van der Waals surface area contributed by atoms with Crippen LogP contribution in [0.4, 0.5) is 4.79 Å². The molecule has 2 heterocycles. The summed E-state index contributed by atoms with van der Waals surface area (Å²) in [6.07, 6.45) is 11.7. The van der Waals surface area contributed by atoms with Crippen LogP contribution < -0.4 is 5.32 Å². The van der Waals surface area contributed by atoms with E-state index in [2.05, 4.69) is 21.8 Å². The van der Waals surface area contributed by atoms with Crippen molar-refractivity contribution in [2.24, 2.45) is 0 Å². The second kappa shape index (κ2) is 6.17. The fraction of sp³-hybridized carbons (Fsp3) is 0.778. The van der Waals surface area contributed by atoms with Gasteiger partial charge in [0.25, 0.3) is 0 Å². The lowest BCUT2D eigenvalue weighted by molar-refractivity contribution is 0.199. The van der Waals surface area contributed by atoms with Crippen LogP contribution in [0.25, 0.3) is 0 Å². The van der Waals surface area contributed by atoms with Gasteiger partial charge in [0, 0.05) is 36.9 Å². The number of aryl methyl sites for hydroxylation is 1. The fourth-order valence-corrected chi connectivity index (χ4v) is 4.23. The Morgan fingerprint density at radius 1 is 1.17 bits per heavy atom. The van der Waals surface area contributed by atoms with Gasteiger partial charge >= 0.3 is 6.03 Å². The lowest BCUT2D eigenvalue weighted by atomic mass is 9.96. The van der Waals surface area contributed by atoms with Gasteiger partial charge in [-0.2, -0.15) is 0 Å². The summed E-state index contributed by atoms with van der Waals surface area (Å²) < 4.78 is 2.41. The molecule has 5 nitrogen and oxygen atoms in total. The molecule has 1 aliphatic heterocycles. The van der Waals surface area contributed by atoms with E-state index in [1.165, 1.54) is 43.6 Å². The fourth-order valence-electron chi connectivity index (χ4n) is 4.23. The first-order valence-electron chi connectivity index (χ1n) is 9.31. The monoisotopic (exact) mass is 316 g/mol. The van der Waals surface area contributed by atoms with E-state index in [0.29, 0.717) is 18.0 Å². The van der Waals surface area contributed by atoms with Gasteiger partial charge in [-0.15, -0.1) is 0 Å². The minimum absolute atomic E-state index is 0.144. The topological polar surface area (TPSA) is 50.2 Å². The van der Waals surface area contributed by atoms with E-state index in [-0.39, 0.29) is 6.03 Å². The lowest BCUT2D eigenvalue weighted by Crippen LogP contribution is -2.44. The maximum atomic E-state index is 12.5. The molecule has 0 aromatic carbocycles. The van der Waals surface area contributed by atoms with Crippen molar-refractivity contribution >= 4 is 6.03 Å². The zero-order valence-corrected chi connectivity index (χ0v) is 14.1. The summed E-state index contributed by atoms with van der Waals surface area (Å²) in [5.74, 6) is 1.91. The summed E-state index contributed by atoms with van der Waals surface area (Å²) in [5, 5.41) is 3.25. The second-order valence-electron chi connectivity index (χ2n) is 7.57. The maximum Gasteiger partial charge on any atom is 0.317 e. The Morgan fingerprint density at radius 2 is 1.96 bits per heavy atom. The Kier molecular flexibility index (Phi) is 4.04. The summed E-state index contributed by atoms with van der Waals surface area (Å²) in [4.78, 5) is 19.2. The van der Waals surface area contributed by atoms with E-state index in [1.807, 2.05) is 11.1 Å². The smallest absolute Gasteiger partial charge is 0.317 e. The molecule has 4 rings (SSSR count). The van der Waals surface area contributed by atoms with Crippen LogP contribution in [-0.4, -0.2) is 39.6 Å². The number of rotatable bonds is 3. The molecule has 0 spiro atoms. The van der Waals surface area contributed by atoms with Gasteiger partial charge in [-0.25, -0.2) is 9.78 Å². The van der Waals surface area contributed by atoms with Crippen LogP contribution >= 0.6 is 0 Å². The number of carbonyl (C=O) groups is 1. The summed E-state index contributed by atoms with van der Waals surface area (Å²) >= 11 is 0. The van der Waals surface area contributed by atoms with E-state index in [9.17, 15) is 4.79 Å². The van der Waals surface area contributed by atoms with Crippen LogP contribution in [0.2, 0.25) is 0 Å². The molecular weight excluding hydrogens is 288 g/mol. The van der Waals surface area contributed by atoms with Gasteiger partial charge in [0.2, 0.25) is 0 Å². The van der Waals surface area contributed by atoms with Gasteiger partial charge in [0.05, 0.1) is 6.04 Å². The van der Waals surface area contributed by atoms with Gasteiger partial charge in [-0.3, -0.25) is 0 Å². The van der Waals surface area contributed by atoms with Crippen molar-refractivity contribution in [2.75, 3.05) is 13.1 Å². The average molecular weight is 316 g/mol. The molecule has 1 saturated heterocycles. The molecule has 1 unspecified atom stereocenters. The molecule has 1 atom stereocenters. The number of carbonyl (C=O) groups excluding carboxylic acids is 1. The van der Waals surface area contributed by atoms with E-state index in [1.54, 1.807) is 0 Å². The predicted octanol–water partition coefficient (Wildman–Crippen LogP) is 3.36. The Hall–Kier alpha value is -1.52. The van der Waals surface area contributed by atoms with Gasteiger partial charge in [-0.1, -0.05) is 19.3 Å². The molecule has 23 heavy (non-hydrogen) atoms. The van der Waals surface area contributed by atoms with Crippen molar-refractivity contribution in [3.05, 3.63) is 17.7 Å². The minimum Gasteiger partial charge on any atom is -0.335 e. The maximum absolute atomic E-state index is 12.5. The molecule has 1 aromatic rings. The highest BCUT2D eigenvalue weighted by molar-refractivity contribution is 5.74.